The number of nitrogens with one attached hydrogen (secondary N) is 1. The molecule has 0 fully saturated rings. The monoisotopic (exact) mass is 324 g/mol. The first-order valence-electron chi connectivity index (χ1n) is 8.33. The lowest BCUT2D eigenvalue weighted by Crippen LogP contribution is -2.54. The minimum atomic E-state index is -0.446. The Hall–Kier alpha value is -2.63. The number of benzene rings is 1. The first kappa shape index (κ1) is 14.9. The quantitative estimate of drug-likeness (QED) is 0.867. The molecule has 124 valence electrons. The van der Waals surface area contributed by atoms with Gasteiger partial charge < -0.3 is 9.80 Å². The predicted molar refractivity (Wildman–Crippen MR) is 89.4 cm³/mol. The Balaban J connectivity index is 1.67. The lowest BCUT2D eigenvalue weighted by atomic mass is 9.92. The minimum absolute atomic E-state index is 0.0120. The predicted octanol–water partition coefficient (Wildman–Crippen LogP) is 1.66. The summed E-state index contributed by atoms with van der Waals surface area (Å²) >= 11 is 0. The highest BCUT2D eigenvalue weighted by Gasteiger charge is 2.37. The van der Waals surface area contributed by atoms with E-state index in [1.165, 1.54) is 6.92 Å². The number of hydrogen-bond acceptors (Lipinski definition) is 3. The Labute approximate surface area is 140 Å². The number of anilines is 1. The topological polar surface area (TPSA) is 69.3 Å². The van der Waals surface area contributed by atoms with Gasteiger partial charge in [0, 0.05) is 26.4 Å². The largest absolute Gasteiger partial charge is 0.326 e. The third kappa shape index (κ3) is 2.38. The molecular weight excluding hydrogens is 304 g/mol. The number of aryl methyl sites for hydroxylation is 1. The van der Waals surface area contributed by atoms with Crippen LogP contribution in [0.5, 0.6) is 0 Å². The second-order valence-electron chi connectivity index (χ2n) is 6.46. The average molecular weight is 324 g/mol. The van der Waals surface area contributed by atoms with Crippen LogP contribution in [0.2, 0.25) is 0 Å². The van der Waals surface area contributed by atoms with Gasteiger partial charge in [-0.1, -0.05) is 24.3 Å². The Morgan fingerprint density at radius 3 is 2.83 bits per heavy atom. The summed E-state index contributed by atoms with van der Waals surface area (Å²) in [6.07, 6.45) is 4.09. The van der Waals surface area contributed by atoms with Gasteiger partial charge in [0.05, 0.1) is 17.6 Å². The molecule has 0 aliphatic carbocycles. The molecule has 1 aromatic carbocycles. The maximum Gasteiger partial charge on any atom is 0.250 e. The standard InChI is InChI=1S/C18H20N4O2/c1-12(23)22-11-14-6-3-2-5-13(14)9-16(22)18(24)21-8-4-7-15-17(21)10-19-20-15/h2-3,5-6,10,16H,4,7-9,11H2,1H3,(H,19,20). The molecule has 24 heavy (non-hydrogen) atoms. The van der Waals surface area contributed by atoms with Crippen LogP contribution in [-0.4, -0.2) is 39.5 Å². The summed E-state index contributed by atoms with van der Waals surface area (Å²) in [5.74, 6) is -0.0747. The highest BCUT2D eigenvalue weighted by Crippen LogP contribution is 2.29. The number of carbonyl (C=O) groups is 2. The van der Waals surface area contributed by atoms with Gasteiger partial charge in [-0.25, -0.2) is 0 Å². The number of amides is 2. The SMILES string of the molecule is CC(=O)N1Cc2ccccc2CC1C(=O)N1CCCc2[nH]ncc21. The molecule has 0 saturated carbocycles. The summed E-state index contributed by atoms with van der Waals surface area (Å²) in [4.78, 5) is 28.8. The third-order valence-corrected chi connectivity index (χ3v) is 5.00. The Morgan fingerprint density at radius 2 is 2.04 bits per heavy atom. The van der Waals surface area contributed by atoms with Crippen molar-refractivity contribution in [3.05, 3.63) is 47.3 Å². The number of H-pyrrole nitrogens is 1. The average Bonchev–Trinajstić information content (AvgIpc) is 3.08. The molecular formula is C18H20N4O2. The van der Waals surface area contributed by atoms with Gasteiger partial charge in [0.2, 0.25) is 11.8 Å². The zero-order valence-corrected chi connectivity index (χ0v) is 13.7. The molecule has 1 aromatic heterocycles. The van der Waals surface area contributed by atoms with E-state index in [-0.39, 0.29) is 11.8 Å². The first-order valence-corrected chi connectivity index (χ1v) is 8.33. The molecule has 2 aromatic rings. The number of nitrogens with zero attached hydrogens (tertiary/aromatic N) is 3. The zero-order valence-electron chi connectivity index (χ0n) is 13.7. The van der Waals surface area contributed by atoms with Gasteiger partial charge in [-0.15, -0.1) is 0 Å². The number of hydrogen-bond donors (Lipinski definition) is 1. The Morgan fingerprint density at radius 1 is 1.25 bits per heavy atom. The van der Waals surface area contributed by atoms with E-state index in [0.717, 1.165) is 35.3 Å². The van der Waals surface area contributed by atoms with E-state index >= 15 is 0 Å². The zero-order chi connectivity index (χ0) is 16.7. The van der Waals surface area contributed by atoms with Gasteiger partial charge in [0.15, 0.2) is 0 Å². The molecule has 2 amide bonds. The van der Waals surface area contributed by atoms with Crippen LogP contribution in [0.25, 0.3) is 0 Å². The van der Waals surface area contributed by atoms with E-state index in [2.05, 4.69) is 10.2 Å². The van der Waals surface area contributed by atoms with Crippen molar-refractivity contribution in [1.82, 2.24) is 15.1 Å². The van der Waals surface area contributed by atoms with Crippen LogP contribution in [0.15, 0.2) is 30.5 Å². The number of rotatable bonds is 1. The van der Waals surface area contributed by atoms with Gasteiger partial charge in [0.25, 0.3) is 0 Å². The lowest BCUT2D eigenvalue weighted by Gasteiger charge is -2.39. The molecule has 2 aliphatic rings. The number of aromatic amines is 1. The third-order valence-electron chi connectivity index (χ3n) is 5.00. The fourth-order valence-corrected chi connectivity index (χ4v) is 3.74. The van der Waals surface area contributed by atoms with E-state index in [1.54, 1.807) is 16.0 Å². The molecule has 0 bridgehead atoms. The fourth-order valence-electron chi connectivity index (χ4n) is 3.74. The van der Waals surface area contributed by atoms with Crippen molar-refractivity contribution in [2.24, 2.45) is 0 Å². The van der Waals surface area contributed by atoms with Crippen LogP contribution >= 0.6 is 0 Å². The summed E-state index contributed by atoms with van der Waals surface area (Å²) in [5, 5.41) is 7.04. The summed E-state index contributed by atoms with van der Waals surface area (Å²) in [6.45, 7) is 2.71. The summed E-state index contributed by atoms with van der Waals surface area (Å²) < 4.78 is 0. The summed E-state index contributed by atoms with van der Waals surface area (Å²) in [7, 11) is 0. The number of fused-ring (bicyclic) bond motifs is 2. The Kier molecular flexibility index (Phi) is 3.59. The van der Waals surface area contributed by atoms with Crippen LogP contribution in [0, 0.1) is 0 Å². The molecule has 1 atom stereocenters. The molecule has 4 rings (SSSR count). The number of aromatic nitrogens is 2. The van der Waals surface area contributed by atoms with Crippen molar-refractivity contribution in [2.45, 2.75) is 38.8 Å². The van der Waals surface area contributed by atoms with E-state index in [1.807, 2.05) is 24.3 Å². The molecule has 0 spiro atoms. The van der Waals surface area contributed by atoms with Crippen molar-refractivity contribution in [1.29, 1.82) is 0 Å². The maximum absolute atomic E-state index is 13.2. The van der Waals surface area contributed by atoms with Gasteiger partial charge in [-0.05, 0) is 24.0 Å². The van der Waals surface area contributed by atoms with E-state index in [9.17, 15) is 9.59 Å². The van der Waals surface area contributed by atoms with Crippen molar-refractivity contribution in [3.63, 3.8) is 0 Å². The van der Waals surface area contributed by atoms with Crippen molar-refractivity contribution in [3.8, 4) is 0 Å². The van der Waals surface area contributed by atoms with Crippen LogP contribution in [0.4, 0.5) is 5.69 Å². The summed E-state index contributed by atoms with van der Waals surface area (Å²) in [5.41, 5.74) is 4.13. The van der Waals surface area contributed by atoms with E-state index < -0.39 is 6.04 Å². The molecule has 6 heteroatoms. The molecule has 0 saturated heterocycles. The van der Waals surface area contributed by atoms with Crippen LogP contribution in [-0.2, 0) is 29.0 Å². The van der Waals surface area contributed by atoms with Crippen molar-refractivity contribution < 1.29 is 9.59 Å². The summed E-state index contributed by atoms with van der Waals surface area (Å²) in [6, 6.07) is 7.59. The van der Waals surface area contributed by atoms with Gasteiger partial charge in [-0.3, -0.25) is 14.7 Å². The first-order chi connectivity index (χ1) is 11.6. The van der Waals surface area contributed by atoms with Crippen LogP contribution < -0.4 is 4.90 Å². The van der Waals surface area contributed by atoms with Gasteiger partial charge in [0.1, 0.15) is 6.04 Å². The fraction of sp³-hybridized carbons (Fsp3) is 0.389. The van der Waals surface area contributed by atoms with Crippen LogP contribution in [0.1, 0.15) is 30.2 Å². The van der Waals surface area contributed by atoms with E-state index in [4.69, 9.17) is 0 Å². The number of carbonyl (C=O) groups excluding carboxylic acids is 2. The van der Waals surface area contributed by atoms with Gasteiger partial charge in [-0.2, -0.15) is 5.10 Å². The highest BCUT2D eigenvalue weighted by atomic mass is 16.2. The molecule has 0 radical (unpaired) electrons. The molecule has 1 unspecified atom stereocenters. The lowest BCUT2D eigenvalue weighted by molar-refractivity contribution is -0.139. The second-order valence-corrected chi connectivity index (χ2v) is 6.46. The normalized spacial score (nSPS) is 19.6. The Bertz CT molecular complexity index is 798. The maximum atomic E-state index is 13.2. The molecule has 6 nitrogen and oxygen atoms in total. The highest BCUT2D eigenvalue weighted by molar-refractivity contribution is 6.00. The van der Waals surface area contributed by atoms with Crippen LogP contribution in [0.3, 0.4) is 0 Å². The molecule has 3 heterocycles. The van der Waals surface area contributed by atoms with Crippen molar-refractivity contribution >= 4 is 17.5 Å². The molecule has 2 aliphatic heterocycles. The molecule has 1 N–H and O–H groups in total. The minimum Gasteiger partial charge on any atom is -0.326 e. The van der Waals surface area contributed by atoms with Gasteiger partial charge >= 0.3 is 0 Å². The second kappa shape index (κ2) is 5.78. The van der Waals surface area contributed by atoms with E-state index in [0.29, 0.717) is 19.5 Å². The van der Waals surface area contributed by atoms with Crippen molar-refractivity contribution in [2.75, 3.05) is 11.4 Å². The smallest absolute Gasteiger partial charge is 0.250 e.